The topological polar surface area (TPSA) is 43.9 Å². The number of rotatable bonds is 10. The van der Waals surface area contributed by atoms with E-state index in [-0.39, 0.29) is 0 Å². The average Bonchev–Trinajstić information content (AvgIpc) is 2.16. The largest absolute Gasteiger partial charge is 0.670 e. The van der Waals surface area contributed by atoms with Gasteiger partial charge in [-0.1, -0.05) is 45.4 Å². The second-order valence-electron chi connectivity index (χ2n) is 3.39. The standard InChI is InChI=1S/C10H21N2O/c1-2-3-4-5-6-7-8-9-10-13-12-11/h2-10H2,1H3/q-1. The van der Waals surface area contributed by atoms with Crippen molar-refractivity contribution in [1.29, 1.82) is 0 Å². The molecule has 0 bridgehead atoms. The van der Waals surface area contributed by atoms with Crippen molar-refractivity contribution in [3.05, 3.63) is 5.53 Å². The maximum Gasteiger partial charge on any atom is 0.115 e. The Kier molecular flexibility index (Phi) is 10.9. The van der Waals surface area contributed by atoms with Crippen molar-refractivity contribution in [3.8, 4) is 0 Å². The summed E-state index contributed by atoms with van der Waals surface area (Å²) in [6, 6.07) is 0. The quantitative estimate of drug-likeness (QED) is 0.287. The Morgan fingerprint density at radius 3 is 2.00 bits per heavy atom. The van der Waals surface area contributed by atoms with E-state index in [1.165, 1.54) is 44.9 Å². The molecule has 0 atom stereocenters. The lowest BCUT2D eigenvalue weighted by atomic mass is 10.1. The molecule has 0 aromatic rings. The summed E-state index contributed by atoms with van der Waals surface area (Å²) in [4.78, 5) is 4.46. The predicted octanol–water partition coefficient (Wildman–Crippen LogP) is 4.08. The first-order chi connectivity index (χ1) is 6.41. The minimum absolute atomic E-state index is 0.547. The number of nitrogens with zero attached hydrogens (tertiary/aromatic N) is 2. The highest BCUT2D eigenvalue weighted by Crippen LogP contribution is 2.08. The smallest absolute Gasteiger partial charge is 0.115 e. The fraction of sp³-hybridized carbons (Fsp3) is 1.00. The summed E-state index contributed by atoms with van der Waals surface area (Å²) in [7, 11) is 0. The third-order valence-corrected chi connectivity index (χ3v) is 2.15. The molecule has 0 N–H and O–H groups in total. The van der Waals surface area contributed by atoms with Crippen molar-refractivity contribution in [3.63, 3.8) is 0 Å². The maximum atomic E-state index is 7.97. The molecule has 3 nitrogen and oxygen atoms in total. The molecule has 0 heterocycles. The Labute approximate surface area is 81.3 Å². The Hall–Kier alpha value is -0.600. The molecular weight excluding hydrogens is 164 g/mol. The molecule has 0 saturated carbocycles. The van der Waals surface area contributed by atoms with E-state index >= 15 is 0 Å². The van der Waals surface area contributed by atoms with E-state index in [1.54, 1.807) is 0 Å². The Balaban J connectivity index is 2.79. The second kappa shape index (κ2) is 11.4. The van der Waals surface area contributed by atoms with Gasteiger partial charge in [0.25, 0.3) is 0 Å². The van der Waals surface area contributed by atoms with Crippen LogP contribution in [0.5, 0.6) is 0 Å². The summed E-state index contributed by atoms with van der Waals surface area (Å²) < 4.78 is 0. The molecular formula is C10H21N2O-. The van der Waals surface area contributed by atoms with Crippen molar-refractivity contribution < 1.29 is 4.84 Å². The minimum Gasteiger partial charge on any atom is -0.670 e. The zero-order valence-electron chi connectivity index (χ0n) is 8.67. The molecule has 0 aliphatic heterocycles. The lowest BCUT2D eigenvalue weighted by Gasteiger charge is -2.01. The van der Waals surface area contributed by atoms with Crippen LogP contribution in [0.3, 0.4) is 0 Å². The highest BCUT2D eigenvalue weighted by molar-refractivity contribution is 4.45. The molecule has 0 aromatic heterocycles. The average molecular weight is 185 g/mol. The molecule has 0 aromatic carbocycles. The minimum atomic E-state index is 0.547. The summed E-state index contributed by atoms with van der Waals surface area (Å²) in [5, 5.41) is 2.59. The maximum absolute atomic E-state index is 7.97. The van der Waals surface area contributed by atoms with Crippen LogP contribution in [0.25, 0.3) is 5.53 Å². The molecule has 0 aliphatic carbocycles. The van der Waals surface area contributed by atoms with Gasteiger partial charge in [0.15, 0.2) is 0 Å². The fourth-order valence-electron chi connectivity index (χ4n) is 1.34. The lowest BCUT2D eigenvalue weighted by Crippen LogP contribution is -1.87. The first kappa shape index (κ1) is 12.4. The van der Waals surface area contributed by atoms with E-state index in [9.17, 15) is 0 Å². The van der Waals surface area contributed by atoms with Gasteiger partial charge in [-0.25, -0.2) is 5.28 Å². The van der Waals surface area contributed by atoms with Crippen molar-refractivity contribution in [1.82, 2.24) is 0 Å². The van der Waals surface area contributed by atoms with Crippen LogP contribution in [0, 0.1) is 0 Å². The fourth-order valence-corrected chi connectivity index (χ4v) is 1.34. The molecule has 13 heavy (non-hydrogen) atoms. The Bertz CT molecular complexity index is 107. The summed E-state index contributed by atoms with van der Waals surface area (Å²) in [6.07, 6.45) is 10.2. The molecule has 0 fully saturated rings. The second-order valence-corrected chi connectivity index (χ2v) is 3.39. The van der Waals surface area contributed by atoms with Crippen LogP contribution in [0.4, 0.5) is 0 Å². The SMILES string of the molecule is CCCCCCCCCCON=[N-]. The van der Waals surface area contributed by atoms with Gasteiger partial charge >= 0.3 is 0 Å². The molecule has 3 heteroatoms. The van der Waals surface area contributed by atoms with E-state index in [2.05, 4.69) is 17.0 Å². The third kappa shape index (κ3) is 11.4. The molecule has 0 aliphatic rings. The van der Waals surface area contributed by atoms with Crippen LogP contribution in [-0.4, -0.2) is 6.61 Å². The van der Waals surface area contributed by atoms with Crippen LogP contribution in [-0.2, 0) is 4.84 Å². The van der Waals surface area contributed by atoms with E-state index in [4.69, 9.17) is 5.53 Å². The molecule has 0 saturated heterocycles. The van der Waals surface area contributed by atoms with Crippen LogP contribution in [0.15, 0.2) is 5.28 Å². The van der Waals surface area contributed by atoms with Crippen LogP contribution < -0.4 is 0 Å². The molecule has 0 radical (unpaired) electrons. The predicted molar refractivity (Wildman–Crippen MR) is 54.3 cm³/mol. The summed E-state index contributed by atoms with van der Waals surface area (Å²) in [6.45, 7) is 2.78. The van der Waals surface area contributed by atoms with Crippen molar-refractivity contribution in [2.75, 3.05) is 6.61 Å². The van der Waals surface area contributed by atoms with Crippen LogP contribution in [0.2, 0.25) is 0 Å². The summed E-state index contributed by atoms with van der Waals surface area (Å²) in [5.74, 6) is 0. The first-order valence-corrected chi connectivity index (χ1v) is 5.38. The Morgan fingerprint density at radius 1 is 0.923 bits per heavy atom. The van der Waals surface area contributed by atoms with Gasteiger partial charge in [-0.3, -0.25) is 0 Å². The van der Waals surface area contributed by atoms with Crippen molar-refractivity contribution >= 4 is 0 Å². The molecule has 0 unspecified atom stereocenters. The van der Waals surface area contributed by atoms with E-state index in [0.29, 0.717) is 6.61 Å². The van der Waals surface area contributed by atoms with Crippen LogP contribution >= 0.6 is 0 Å². The van der Waals surface area contributed by atoms with Gasteiger partial charge in [0, 0.05) is 0 Å². The molecule has 0 rings (SSSR count). The van der Waals surface area contributed by atoms with Crippen molar-refractivity contribution in [2.45, 2.75) is 58.3 Å². The van der Waals surface area contributed by atoms with Gasteiger partial charge < -0.3 is 10.4 Å². The van der Waals surface area contributed by atoms with E-state index in [0.717, 1.165) is 6.42 Å². The van der Waals surface area contributed by atoms with Gasteiger partial charge in [-0.2, -0.15) is 0 Å². The highest BCUT2D eigenvalue weighted by Gasteiger charge is 1.90. The van der Waals surface area contributed by atoms with E-state index in [1.807, 2.05) is 0 Å². The molecule has 0 amide bonds. The summed E-state index contributed by atoms with van der Waals surface area (Å²) in [5.41, 5.74) is 7.97. The van der Waals surface area contributed by atoms with Gasteiger partial charge in [-0.15, -0.1) is 0 Å². The van der Waals surface area contributed by atoms with Gasteiger partial charge in [0.05, 0.1) is 0 Å². The third-order valence-electron chi connectivity index (χ3n) is 2.15. The number of hydrogen-bond acceptors (Lipinski definition) is 2. The Morgan fingerprint density at radius 2 is 1.46 bits per heavy atom. The van der Waals surface area contributed by atoms with Gasteiger partial charge in [-0.05, 0) is 12.8 Å². The molecule has 78 valence electrons. The molecule has 0 spiro atoms. The van der Waals surface area contributed by atoms with E-state index < -0.39 is 0 Å². The first-order valence-electron chi connectivity index (χ1n) is 5.38. The monoisotopic (exact) mass is 185 g/mol. The van der Waals surface area contributed by atoms with Gasteiger partial charge in [0.2, 0.25) is 0 Å². The van der Waals surface area contributed by atoms with Crippen LogP contribution in [0.1, 0.15) is 58.3 Å². The summed E-state index contributed by atoms with van der Waals surface area (Å²) >= 11 is 0. The highest BCUT2D eigenvalue weighted by atomic mass is 16.6. The number of unbranched alkanes of at least 4 members (excludes halogenated alkanes) is 7. The lowest BCUT2D eigenvalue weighted by molar-refractivity contribution is 0.135. The number of hydrogen-bond donors (Lipinski definition) is 0. The zero-order chi connectivity index (χ0) is 9.78. The normalized spacial score (nSPS) is 9.92. The van der Waals surface area contributed by atoms with Crippen molar-refractivity contribution in [2.24, 2.45) is 5.28 Å². The van der Waals surface area contributed by atoms with Gasteiger partial charge in [0.1, 0.15) is 6.61 Å². The zero-order valence-corrected chi connectivity index (χ0v) is 8.67.